The van der Waals surface area contributed by atoms with E-state index in [1.54, 1.807) is 0 Å². The molecule has 0 radical (unpaired) electrons. The molecule has 0 aromatic heterocycles. The highest BCUT2D eigenvalue weighted by Gasteiger charge is 2.06. The average Bonchev–Trinajstić information content (AvgIpc) is 2.54. The third-order valence-electron chi connectivity index (χ3n) is 3.54. The van der Waals surface area contributed by atoms with Crippen LogP contribution in [0.1, 0.15) is 42.1 Å². The number of carbonyl (C=O) groups excluding carboxylic acids is 1. The van der Waals surface area contributed by atoms with Gasteiger partial charge in [-0.2, -0.15) is 0 Å². The molecule has 2 rings (SSSR count). The van der Waals surface area contributed by atoms with Gasteiger partial charge in [0.15, 0.2) is 0 Å². The number of hydrogen-bond donors (Lipinski definition) is 2. The maximum Gasteiger partial charge on any atom is 0.255 e. The van der Waals surface area contributed by atoms with Crippen LogP contribution in [0.5, 0.6) is 0 Å². The molecule has 2 aromatic carbocycles. The Morgan fingerprint density at radius 3 is 2.50 bits per heavy atom. The fourth-order valence-electron chi connectivity index (χ4n) is 2.22. The third kappa shape index (κ3) is 4.92. The second-order valence-corrected chi connectivity index (χ2v) is 5.53. The standard InChI is InChI=1S/C19H24N2O/c1-3-4-5-13-20-18-8-6-7-16(14-18)19(22)21-17-11-9-15(2)10-12-17/h6-12,14,20H,3-5,13H2,1-2H3,(H,21,22). The first-order valence-corrected chi connectivity index (χ1v) is 7.91. The van der Waals surface area contributed by atoms with Crippen LogP contribution in [0.4, 0.5) is 11.4 Å². The molecule has 0 fully saturated rings. The molecule has 0 heterocycles. The van der Waals surface area contributed by atoms with Crippen LogP contribution in [-0.4, -0.2) is 12.5 Å². The monoisotopic (exact) mass is 296 g/mol. The molecule has 2 aromatic rings. The van der Waals surface area contributed by atoms with Gasteiger partial charge in [0.05, 0.1) is 0 Å². The van der Waals surface area contributed by atoms with Gasteiger partial charge < -0.3 is 10.6 Å². The van der Waals surface area contributed by atoms with Crippen molar-refractivity contribution in [2.75, 3.05) is 17.2 Å². The van der Waals surface area contributed by atoms with Gasteiger partial charge in [-0.3, -0.25) is 4.79 Å². The number of unbranched alkanes of at least 4 members (excludes halogenated alkanes) is 2. The van der Waals surface area contributed by atoms with Crippen molar-refractivity contribution in [2.24, 2.45) is 0 Å². The lowest BCUT2D eigenvalue weighted by molar-refractivity contribution is 0.102. The summed E-state index contributed by atoms with van der Waals surface area (Å²) in [5, 5.41) is 6.29. The topological polar surface area (TPSA) is 41.1 Å². The molecule has 0 saturated heterocycles. The van der Waals surface area contributed by atoms with E-state index >= 15 is 0 Å². The van der Waals surface area contributed by atoms with Gasteiger partial charge in [0.25, 0.3) is 5.91 Å². The molecule has 0 aliphatic carbocycles. The van der Waals surface area contributed by atoms with Gasteiger partial charge >= 0.3 is 0 Å². The Balaban J connectivity index is 1.96. The minimum Gasteiger partial charge on any atom is -0.385 e. The number of anilines is 2. The first-order valence-electron chi connectivity index (χ1n) is 7.91. The molecule has 0 saturated carbocycles. The highest BCUT2D eigenvalue weighted by atomic mass is 16.1. The minimum atomic E-state index is -0.0824. The second-order valence-electron chi connectivity index (χ2n) is 5.53. The van der Waals surface area contributed by atoms with Crippen LogP contribution < -0.4 is 10.6 Å². The number of amides is 1. The van der Waals surface area contributed by atoms with Gasteiger partial charge in [-0.15, -0.1) is 0 Å². The van der Waals surface area contributed by atoms with Crippen molar-refractivity contribution in [1.29, 1.82) is 0 Å². The molecule has 0 aliphatic rings. The maximum atomic E-state index is 12.3. The number of rotatable bonds is 7. The van der Waals surface area contributed by atoms with Crippen molar-refractivity contribution in [3.05, 3.63) is 59.7 Å². The van der Waals surface area contributed by atoms with E-state index in [2.05, 4.69) is 17.6 Å². The van der Waals surface area contributed by atoms with Crippen LogP contribution in [0.2, 0.25) is 0 Å². The summed E-state index contributed by atoms with van der Waals surface area (Å²) in [7, 11) is 0. The highest BCUT2D eigenvalue weighted by molar-refractivity contribution is 6.04. The lowest BCUT2D eigenvalue weighted by Crippen LogP contribution is -2.12. The van der Waals surface area contributed by atoms with E-state index < -0.39 is 0 Å². The van der Waals surface area contributed by atoms with Gasteiger partial charge in [0.2, 0.25) is 0 Å². The van der Waals surface area contributed by atoms with Crippen LogP contribution in [0, 0.1) is 6.92 Å². The Bertz CT molecular complexity index is 605. The summed E-state index contributed by atoms with van der Waals surface area (Å²) in [5.41, 5.74) is 3.65. The van der Waals surface area contributed by atoms with Gasteiger partial charge in [-0.25, -0.2) is 0 Å². The summed E-state index contributed by atoms with van der Waals surface area (Å²) in [6, 6.07) is 15.4. The van der Waals surface area contributed by atoms with E-state index in [4.69, 9.17) is 0 Å². The molecule has 3 nitrogen and oxygen atoms in total. The Hall–Kier alpha value is -2.29. The highest BCUT2D eigenvalue weighted by Crippen LogP contribution is 2.14. The predicted molar refractivity (Wildman–Crippen MR) is 93.6 cm³/mol. The Morgan fingerprint density at radius 1 is 1.00 bits per heavy atom. The summed E-state index contributed by atoms with van der Waals surface area (Å²) >= 11 is 0. The maximum absolute atomic E-state index is 12.3. The van der Waals surface area contributed by atoms with Crippen LogP contribution in [-0.2, 0) is 0 Å². The van der Waals surface area contributed by atoms with Gasteiger partial charge in [0, 0.05) is 23.5 Å². The molecule has 0 unspecified atom stereocenters. The Morgan fingerprint density at radius 2 is 1.77 bits per heavy atom. The molecule has 0 bridgehead atoms. The quantitative estimate of drug-likeness (QED) is 0.717. The Kier molecular flexibility index (Phi) is 6.01. The van der Waals surface area contributed by atoms with Gasteiger partial charge in [-0.05, 0) is 43.7 Å². The van der Waals surface area contributed by atoms with E-state index in [9.17, 15) is 4.79 Å². The lowest BCUT2D eigenvalue weighted by atomic mass is 10.1. The summed E-state index contributed by atoms with van der Waals surface area (Å²) in [6.07, 6.45) is 3.58. The molecular weight excluding hydrogens is 272 g/mol. The fourth-order valence-corrected chi connectivity index (χ4v) is 2.22. The van der Waals surface area contributed by atoms with Crippen molar-refractivity contribution < 1.29 is 4.79 Å². The lowest BCUT2D eigenvalue weighted by Gasteiger charge is -2.09. The predicted octanol–water partition coefficient (Wildman–Crippen LogP) is 4.85. The molecule has 0 spiro atoms. The molecule has 0 atom stereocenters. The van der Waals surface area contributed by atoms with Crippen molar-refractivity contribution in [3.8, 4) is 0 Å². The van der Waals surface area contributed by atoms with Crippen LogP contribution in [0.15, 0.2) is 48.5 Å². The number of carbonyl (C=O) groups is 1. The second kappa shape index (κ2) is 8.23. The number of aryl methyl sites for hydroxylation is 1. The Labute approximate surface area is 132 Å². The van der Waals surface area contributed by atoms with Crippen molar-refractivity contribution in [1.82, 2.24) is 0 Å². The van der Waals surface area contributed by atoms with Crippen LogP contribution in [0.3, 0.4) is 0 Å². The number of benzene rings is 2. The average molecular weight is 296 g/mol. The van der Waals surface area contributed by atoms with E-state index in [1.165, 1.54) is 18.4 Å². The molecule has 1 amide bonds. The summed E-state index contributed by atoms with van der Waals surface area (Å²) in [5.74, 6) is -0.0824. The SMILES string of the molecule is CCCCCNc1cccc(C(=O)Nc2ccc(C)cc2)c1. The summed E-state index contributed by atoms with van der Waals surface area (Å²) in [4.78, 5) is 12.3. The zero-order chi connectivity index (χ0) is 15.8. The normalized spacial score (nSPS) is 10.3. The first-order chi connectivity index (χ1) is 10.7. The molecule has 2 N–H and O–H groups in total. The third-order valence-corrected chi connectivity index (χ3v) is 3.54. The largest absolute Gasteiger partial charge is 0.385 e. The minimum absolute atomic E-state index is 0.0824. The van der Waals surface area contributed by atoms with Crippen LogP contribution in [0.25, 0.3) is 0 Å². The molecule has 116 valence electrons. The van der Waals surface area contributed by atoms with E-state index in [1.807, 2.05) is 55.5 Å². The van der Waals surface area contributed by atoms with Crippen molar-refractivity contribution in [3.63, 3.8) is 0 Å². The molecule has 0 aliphatic heterocycles. The molecular formula is C19H24N2O. The van der Waals surface area contributed by atoms with Gasteiger partial charge in [0.1, 0.15) is 0 Å². The van der Waals surface area contributed by atoms with E-state index in [-0.39, 0.29) is 5.91 Å². The smallest absolute Gasteiger partial charge is 0.255 e. The zero-order valence-electron chi connectivity index (χ0n) is 13.4. The van der Waals surface area contributed by atoms with E-state index in [0.717, 1.165) is 24.3 Å². The summed E-state index contributed by atoms with van der Waals surface area (Å²) < 4.78 is 0. The first kappa shape index (κ1) is 16.1. The van der Waals surface area contributed by atoms with Crippen molar-refractivity contribution >= 4 is 17.3 Å². The molecule has 22 heavy (non-hydrogen) atoms. The van der Waals surface area contributed by atoms with Crippen LogP contribution >= 0.6 is 0 Å². The van der Waals surface area contributed by atoms with Gasteiger partial charge in [-0.1, -0.05) is 43.5 Å². The molecule has 3 heteroatoms. The fraction of sp³-hybridized carbons (Fsp3) is 0.316. The zero-order valence-corrected chi connectivity index (χ0v) is 13.4. The number of hydrogen-bond acceptors (Lipinski definition) is 2. The summed E-state index contributed by atoms with van der Waals surface area (Å²) in [6.45, 7) is 5.16. The van der Waals surface area contributed by atoms with Crippen molar-refractivity contribution in [2.45, 2.75) is 33.1 Å². The van der Waals surface area contributed by atoms with E-state index in [0.29, 0.717) is 5.56 Å². The number of nitrogens with one attached hydrogen (secondary N) is 2.